The fourth-order valence-corrected chi connectivity index (χ4v) is 1.94. The first-order valence-corrected chi connectivity index (χ1v) is 5.48. The van der Waals surface area contributed by atoms with E-state index in [2.05, 4.69) is 20.9 Å². The minimum absolute atomic E-state index is 0.358. The van der Waals surface area contributed by atoms with Gasteiger partial charge in [-0.15, -0.1) is 0 Å². The van der Waals surface area contributed by atoms with Gasteiger partial charge in [0.15, 0.2) is 0 Å². The molecule has 16 heavy (non-hydrogen) atoms. The molecule has 2 aromatic rings. The summed E-state index contributed by atoms with van der Waals surface area (Å²) in [7, 11) is 0. The van der Waals surface area contributed by atoms with Crippen molar-refractivity contribution in [2.24, 2.45) is 5.73 Å². The van der Waals surface area contributed by atoms with Gasteiger partial charge >= 0.3 is 0 Å². The highest BCUT2D eigenvalue weighted by atomic mass is 79.9. The van der Waals surface area contributed by atoms with Gasteiger partial charge in [-0.2, -0.15) is 5.26 Å². The molecule has 1 heterocycles. The van der Waals surface area contributed by atoms with E-state index in [4.69, 9.17) is 11.0 Å². The van der Waals surface area contributed by atoms with Crippen LogP contribution in [0.5, 0.6) is 0 Å². The molecule has 0 saturated carbocycles. The number of nitriles is 1. The second-order valence-electron chi connectivity index (χ2n) is 3.21. The molecule has 0 spiro atoms. The van der Waals surface area contributed by atoms with Gasteiger partial charge in [0.2, 0.25) is 5.82 Å². The van der Waals surface area contributed by atoms with E-state index in [0.717, 1.165) is 15.7 Å². The molecule has 0 aliphatic rings. The van der Waals surface area contributed by atoms with Crippen molar-refractivity contribution in [3.8, 4) is 11.8 Å². The number of aromatic nitrogens is 2. The summed E-state index contributed by atoms with van der Waals surface area (Å²) in [5.41, 5.74) is 7.53. The maximum absolute atomic E-state index is 8.91. The van der Waals surface area contributed by atoms with Gasteiger partial charge in [0, 0.05) is 23.4 Å². The molecule has 0 saturated heterocycles. The molecule has 0 amide bonds. The number of imidazole rings is 1. The molecule has 0 fully saturated rings. The number of hydrogen-bond donors (Lipinski definition) is 1. The quantitative estimate of drug-likeness (QED) is 0.912. The fraction of sp³-hybridized carbons (Fsp3) is 0.0909. The van der Waals surface area contributed by atoms with Crippen LogP contribution >= 0.6 is 15.9 Å². The zero-order valence-corrected chi connectivity index (χ0v) is 9.98. The predicted octanol–water partition coefficient (Wildman–Crippen LogP) is 1.97. The minimum atomic E-state index is 0.358. The van der Waals surface area contributed by atoms with Gasteiger partial charge in [-0.25, -0.2) is 4.98 Å². The van der Waals surface area contributed by atoms with Crippen LogP contribution in [0, 0.1) is 11.3 Å². The lowest BCUT2D eigenvalue weighted by Crippen LogP contribution is -2.05. The topological polar surface area (TPSA) is 67.6 Å². The molecule has 0 aliphatic heterocycles. The predicted molar refractivity (Wildman–Crippen MR) is 63.9 cm³/mol. The number of benzene rings is 1. The van der Waals surface area contributed by atoms with Crippen LogP contribution in [0.3, 0.4) is 0 Å². The Hall–Kier alpha value is -1.64. The van der Waals surface area contributed by atoms with E-state index in [1.807, 2.05) is 24.3 Å². The fourth-order valence-electron chi connectivity index (χ4n) is 1.53. The van der Waals surface area contributed by atoms with Crippen LogP contribution in [0.4, 0.5) is 0 Å². The van der Waals surface area contributed by atoms with Gasteiger partial charge in [0.1, 0.15) is 6.07 Å². The highest BCUT2D eigenvalue weighted by Crippen LogP contribution is 2.20. The Kier molecular flexibility index (Phi) is 3.04. The SMILES string of the molecule is N#Cc1nccn1-c1ccc(Br)cc1CN. The van der Waals surface area contributed by atoms with E-state index >= 15 is 0 Å². The first kappa shape index (κ1) is 10.9. The Labute approximate surface area is 101 Å². The summed E-state index contributed by atoms with van der Waals surface area (Å²) in [6, 6.07) is 7.80. The van der Waals surface area contributed by atoms with Crippen LogP contribution in [0.25, 0.3) is 5.69 Å². The van der Waals surface area contributed by atoms with Gasteiger partial charge < -0.3 is 5.73 Å². The van der Waals surface area contributed by atoms with E-state index in [-0.39, 0.29) is 0 Å². The first-order chi connectivity index (χ1) is 7.76. The van der Waals surface area contributed by atoms with Gasteiger partial charge in [-0.05, 0) is 23.8 Å². The molecule has 80 valence electrons. The van der Waals surface area contributed by atoms with Gasteiger partial charge in [0.05, 0.1) is 5.69 Å². The van der Waals surface area contributed by atoms with Crippen LogP contribution in [0.1, 0.15) is 11.4 Å². The van der Waals surface area contributed by atoms with Crippen molar-refractivity contribution in [3.05, 3.63) is 46.5 Å². The molecule has 4 nitrogen and oxygen atoms in total. The average Bonchev–Trinajstić information content (AvgIpc) is 2.76. The average molecular weight is 277 g/mol. The van der Waals surface area contributed by atoms with Crippen molar-refractivity contribution < 1.29 is 0 Å². The van der Waals surface area contributed by atoms with E-state index in [9.17, 15) is 0 Å². The Morgan fingerprint density at radius 1 is 1.50 bits per heavy atom. The van der Waals surface area contributed by atoms with Crippen molar-refractivity contribution >= 4 is 15.9 Å². The molecular formula is C11H9BrN4. The van der Waals surface area contributed by atoms with Crippen molar-refractivity contribution in [1.29, 1.82) is 5.26 Å². The summed E-state index contributed by atoms with van der Waals surface area (Å²) in [4.78, 5) is 3.96. The lowest BCUT2D eigenvalue weighted by molar-refractivity contribution is 0.963. The highest BCUT2D eigenvalue weighted by molar-refractivity contribution is 9.10. The third-order valence-electron chi connectivity index (χ3n) is 2.26. The second-order valence-corrected chi connectivity index (χ2v) is 4.13. The van der Waals surface area contributed by atoms with Crippen LogP contribution in [-0.2, 0) is 6.54 Å². The Balaban J connectivity index is 2.61. The number of hydrogen-bond acceptors (Lipinski definition) is 3. The molecule has 0 bridgehead atoms. The minimum Gasteiger partial charge on any atom is -0.326 e. The molecule has 2 N–H and O–H groups in total. The van der Waals surface area contributed by atoms with Gasteiger partial charge in [0.25, 0.3) is 0 Å². The van der Waals surface area contributed by atoms with Crippen molar-refractivity contribution in [2.45, 2.75) is 6.54 Å². The van der Waals surface area contributed by atoms with Crippen LogP contribution in [-0.4, -0.2) is 9.55 Å². The van der Waals surface area contributed by atoms with Crippen LogP contribution < -0.4 is 5.73 Å². The number of nitrogens with zero attached hydrogens (tertiary/aromatic N) is 3. The monoisotopic (exact) mass is 276 g/mol. The Morgan fingerprint density at radius 3 is 3.00 bits per heavy atom. The molecule has 2 rings (SSSR count). The summed E-state index contributed by atoms with van der Waals surface area (Å²) in [5.74, 6) is 0.358. The third-order valence-corrected chi connectivity index (χ3v) is 2.75. The van der Waals surface area contributed by atoms with E-state index in [0.29, 0.717) is 12.4 Å². The largest absolute Gasteiger partial charge is 0.326 e. The molecule has 1 aromatic heterocycles. The molecule has 0 unspecified atom stereocenters. The number of nitrogens with two attached hydrogens (primary N) is 1. The van der Waals surface area contributed by atoms with Crippen molar-refractivity contribution in [2.75, 3.05) is 0 Å². The van der Waals surface area contributed by atoms with Gasteiger partial charge in [-0.1, -0.05) is 15.9 Å². The molecule has 1 aromatic carbocycles. The maximum Gasteiger partial charge on any atom is 0.217 e. The van der Waals surface area contributed by atoms with E-state index in [1.54, 1.807) is 17.0 Å². The summed E-state index contributed by atoms with van der Waals surface area (Å²) < 4.78 is 2.70. The Morgan fingerprint density at radius 2 is 2.31 bits per heavy atom. The normalized spacial score (nSPS) is 10.1. The molecule has 0 aliphatic carbocycles. The molecule has 5 heteroatoms. The standard InChI is InChI=1S/C11H9BrN4/c12-9-1-2-10(8(5-9)6-13)16-4-3-15-11(16)7-14/h1-5H,6,13H2. The van der Waals surface area contributed by atoms with E-state index < -0.39 is 0 Å². The Bertz CT molecular complexity index is 553. The van der Waals surface area contributed by atoms with Gasteiger partial charge in [-0.3, -0.25) is 4.57 Å². The van der Waals surface area contributed by atoms with Crippen molar-refractivity contribution in [3.63, 3.8) is 0 Å². The lowest BCUT2D eigenvalue weighted by Gasteiger charge is -2.09. The van der Waals surface area contributed by atoms with Crippen molar-refractivity contribution in [1.82, 2.24) is 9.55 Å². The van der Waals surface area contributed by atoms with E-state index in [1.165, 1.54) is 0 Å². The summed E-state index contributed by atoms with van der Waals surface area (Å²) in [5, 5.41) is 8.91. The maximum atomic E-state index is 8.91. The summed E-state index contributed by atoms with van der Waals surface area (Å²) >= 11 is 3.39. The molecular weight excluding hydrogens is 268 g/mol. The highest BCUT2D eigenvalue weighted by Gasteiger charge is 2.08. The number of halogens is 1. The second kappa shape index (κ2) is 4.47. The summed E-state index contributed by atoms with van der Waals surface area (Å²) in [6.45, 7) is 0.415. The summed E-state index contributed by atoms with van der Waals surface area (Å²) in [6.07, 6.45) is 3.35. The first-order valence-electron chi connectivity index (χ1n) is 4.68. The molecule has 0 radical (unpaired) electrons. The van der Waals surface area contributed by atoms with Crippen LogP contribution in [0.2, 0.25) is 0 Å². The zero-order chi connectivity index (χ0) is 11.5. The van der Waals surface area contributed by atoms with Crippen LogP contribution in [0.15, 0.2) is 35.1 Å². The molecule has 0 atom stereocenters. The lowest BCUT2D eigenvalue weighted by atomic mass is 10.2. The number of rotatable bonds is 2. The smallest absolute Gasteiger partial charge is 0.217 e. The zero-order valence-electron chi connectivity index (χ0n) is 8.39. The third kappa shape index (κ3) is 1.85.